The van der Waals surface area contributed by atoms with E-state index >= 15 is 0 Å². The summed E-state index contributed by atoms with van der Waals surface area (Å²) >= 11 is 1.78. The average molecular weight is 488 g/mol. The first-order valence-corrected chi connectivity index (χ1v) is 12.1. The third-order valence-corrected chi connectivity index (χ3v) is 6.43. The maximum Gasteiger partial charge on any atom is 0.416 e. The lowest BCUT2D eigenvalue weighted by molar-refractivity contribution is -0.137. The van der Waals surface area contributed by atoms with E-state index in [1.807, 2.05) is 6.92 Å². The van der Waals surface area contributed by atoms with Gasteiger partial charge >= 0.3 is 12.1 Å². The number of hydrogen-bond donors (Lipinski definition) is 1. The van der Waals surface area contributed by atoms with Crippen LogP contribution in [0.15, 0.2) is 66.7 Å². The molecule has 0 radical (unpaired) electrons. The summed E-state index contributed by atoms with van der Waals surface area (Å²) in [6.45, 7) is 5.29. The van der Waals surface area contributed by atoms with E-state index in [1.165, 1.54) is 17.2 Å². The number of rotatable bonds is 10. The van der Waals surface area contributed by atoms with Crippen molar-refractivity contribution in [3.63, 3.8) is 0 Å². The van der Waals surface area contributed by atoms with E-state index in [1.54, 1.807) is 49.0 Å². The fourth-order valence-corrected chi connectivity index (χ4v) is 4.63. The minimum Gasteiger partial charge on any atom is -0.478 e. The molecule has 0 saturated carbocycles. The van der Waals surface area contributed by atoms with E-state index in [-0.39, 0.29) is 5.56 Å². The van der Waals surface area contributed by atoms with E-state index in [4.69, 9.17) is 5.11 Å². The highest BCUT2D eigenvalue weighted by Crippen LogP contribution is 2.31. The molecule has 0 aromatic heterocycles. The number of carbonyl (C=O) groups is 1. The summed E-state index contributed by atoms with van der Waals surface area (Å²) in [5.41, 5.74) is 4.11. The predicted molar refractivity (Wildman–Crippen MR) is 131 cm³/mol. The molecule has 0 atom stereocenters. The summed E-state index contributed by atoms with van der Waals surface area (Å²) in [7, 11) is 0. The summed E-state index contributed by atoms with van der Waals surface area (Å²) in [6, 6.07) is 19.2. The second kappa shape index (κ2) is 11.6. The third kappa shape index (κ3) is 7.92. The van der Waals surface area contributed by atoms with Gasteiger partial charge in [0.2, 0.25) is 0 Å². The number of alkyl halides is 3. The van der Waals surface area contributed by atoms with E-state index in [9.17, 15) is 18.0 Å². The van der Waals surface area contributed by atoms with Crippen LogP contribution >= 0.6 is 11.8 Å². The van der Waals surface area contributed by atoms with Gasteiger partial charge in [-0.05, 0) is 54.8 Å². The number of nitrogens with zero attached hydrogens (tertiary/aromatic N) is 1. The molecule has 0 aliphatic rings. The maximum absolute atomic E-state index is 13.3. The van der Waals surface area contributed by atoms with Gasteiger partial charge in [-0.1, -0.05) is 53.6 Å². The molecule has 0 amide bonds. The molecular formula is C27H28F3NO2S. The van der Waals surface area contributed by atoms with Crippen LogP contribution in [-0.4, -0.2) is 28.3 Å². The first kappa shape index (κ1) is 25.8. The van der Waals surface area contributed by atoms with Gasteiger partial charge in [-0.15, -0.1) is 0 Å². The van der Waals surface area contributed by atoms with Gasteiger partial charge in [-0.3, -0.25) is 4.90 Å². The van der Waals surface area contributed by atoms with Gasteiger partial charge in [0.05, 0.1) is 11.1 Å². The highest BCUT2D eigenvalue weighted by Gasteiger charge is 2.31. The van der Waals surface area contributed by atoms with Crippen LogP contribution in [0.25, 0.3) is 0 Å². The van der Waals surface area contributed by atoms with Crippen molar-refractivity contribution < 1.29 is 23.1 Å². The highest BCUT2D eigenvalue weighted by atomic mass is 32.2. The number of aromatic carboxylic acids is 1. The molecule has 0 heterocycles. The Labute approximate surface area is 202 Å². The third-order valence-electron chi connectivity index (χ3n) is 5.42. The smallest absolute Gasteiger partial charge is 0.416 e. The molecule has 3 aromatic carbocycles. The molecule has 34 heavy (non-hydrogen) atoms. The van der Waals surface area contributed by atoms with E-state index < -0.39 is 17.7 Å². The lowest BCUT2D eigenvalue weighted by atomic mass is 10.1. The zero-order valence-corrected chi connectivity index (χ0v) is 20.0. The number of thioether (sulfide) groups is 1. The quantitative estimate of drug-likeness (QED) is 0.314. The number of benzene rings is 3. The number of halogens is 3. The van der Waals surface area contributed by atoms with Gasteiger partial charge in [0.15, 0.2) is 0 Å². The number of hydrogen-bond acceptors (Lipinski definition) is 3. The summed E-state index contributed by atoms with van der Waals surface area (Å²) in [5, 5.41) is 9.12. The Bertz CT molecular complexity index is 1100. The molecule has 0 spiro atoms. The summed E-state index contributed by atoms with van der Waals surface area (Å²) in [4.78, 5) is 13.2. The molecule has 0 aliphatic heterocycles. The van der Waals surface area contributed by atoms with Crippen molar-refractivity contribution in [2.45, 2.75) is 38.9 Å². The van der Waals surface area contributed by atoms with Crippen LogP contribution in [0.5, 0.6) is 0 Å². The van der Waals surface area contributed by atoms with Gasteiger partial charge in [0, 0.05) is 31.1 Å². The Kier molecular flexibility index (Phi) is 8.80. The normalized spacial score (nSPS) is 11.7. The molecule has 3 rings (SSSR count). The molecule has 0 unspecified atom stereocenters. The number of carboxylic acids is 1. The van der Waals surface area contributed by atoms with Crippen LogP contribution in [0.1, 0.15) is 43.7 Å². The van der Waals surface area contributed by atoms with Crippen molar-refractivity contribution in [3.05, 3.63) is 106 Å². The lowest BCUT2D eigenvalue weighted by Gasteiger charge is -2.23. The molecule has 0 fully saturated rings. The molecule has 0 saturated heterocycles. The van der Waals surface area contributed by atoms with Gasteiger partial charge in [-0.2, -0.15) is 24.9 Å². The van der Waals surface area contributed by atoms with E-state index in [0.717, 1.165) is 23.1 Å². The Balaban J connectivity index is 1.71. The first-order valence-electron chi connectivity index (χ1n) is 11.0. The molecular weight excluding hydrogens is 459 g/mol. The first-order chi connectivity index (χ1) is 16.1. The zero-order valence-electron chi connectivity index (χ0n) is 19.2. The van der Waals surface area contributed by atoms with Gasteiger partial charge in [0.1, 0.15) is 0 Å². The molecule has 1 N–H and O–H groups in total. The molecule has 180 valence electrons. The van der Waals surface area contributed by atoms with Crippen LogP contribution in [0, 0.1) is 13.8 Å². The molecule has 0 bridgehead atoms. The van der Waals surface area contributed by atoms with Gasteiger partial charge < -0.3 is 5.11 Å². The SMILES string of the molecule is Cc1ccc(CSCCN(Cc2ccc(C(=O)O)cc2)Cc2cc(C)cc(C(F)(F)F)c2)cc1. The Morgan fingerprint density at radius 3 is 2.09 bits per heavy atom. The van der Waals surface area contributed by atoms with Gasteiger partial charge in [-0.25, -0.2) is 4.79 Å². The van der Waals surface area contributed by atoms with Crippen LogP contribution in [0.3, 0.4) is 0 Å². The van der Waals surface area contributed by atoms with E-state index in [0.29, 0.717) is 30.8 Å². The second-order valence-electron chi connectivity index (χ2n) is 8.46. The summed E-state index contributed by atoms with van der Waals surface area (Å²) in [6.07, 6.45) is -4.39. The zero-order chi connectivity index (χ0) is 24.7. The molecule has 3 nitrogen and oxygen atoms in total. The van der Waals surface area contributed by atoms with Crippen LogP contribution in [0.2, 0.25) is 0 Å². The molecule has 3 aromatic rings. The minimum atomic E-state index is -4.39. The monoisotopic (exact) mass is 487 g/mol. The Morgan fingerprint density at radius 1 is 0.853 bits per heavy atom. The minimum absolute atomic E-state index is 0.206. The number of carboxylic acid groups (broad SMARTS) is 1. The Hall–Kier alpha value is -2.77. The van der Waals surface area contributed by atoms with Crippen LogP contribution < -0.4 is 0 Å². The summed E-state index contributed by atoms with van der Waals surface area (Å²) in [5.74, 6) is 0.693. The van der Waals surface area contributed by atoms with Gasteiger partial charge in [0.25, 0.3) is 0 Å². The van der Waals surface area contributed by atoms with Crippen molar-refractivity contribution in [1.82, 2.24) is 4.90 Å². The fraction of sp³-hybridized carbons (Fsp3) is 0.296. The molecule has 0 aliphatic carbocycles. The standard InChI is InChI=1S/C27H28F3NO2S/c1-19-3-5-22(6-4-19)18-34-12-11-31(16-21-7-9-24(10-8-21)26(32)33)17-23-13-20(2)14-25(15-23)27(28,29)30/h3-10,13-15H,11-12,16-18H2,1-2H3,(H,32,33). The largest absolute Gasteiger partial charge is 0.478 e. The summed E-state index contributed by atoms with van der Waals surface area (Å²) < 4.78 is 39.9. The van der Waals surface area contributed by atoms with Crippen molar-refractivity contribution in [2.75, 3.05) is 12.3 Å². The lowest BCUT2D eigenvalue weighted by Crippen LogP contribution is -2.26. The average Bonchev–Trinajstić information content (AvgIpc) is 2.77. The predicted octanol–water partition coefficient (Wildman–Crippen LogP) is 6.96. The fourth-order valence-electron chi connectivity index (χ4n) is 3.67. The second-order valence-corrected chi connectivity index (χ2v) is 9.56. The Morgan fingerprint density at radius 2 is 1.47 bits per heavy atom. The van der Waals surface area contributed by atoms with Crippen molar-refractivity contribution in [3.8, 4) is 0 Å². The van der Waals surface area contributed by atoms with Crippen molar-refractivity contribution in [1.29, 1.82) is 0 Å². The maximum atomic E-state index is 13.3. The van der Waals surface area contributed by atoms with Crippen molar-refractivity contribution >= 4 is 17.7 Å². The van der Waals surface area contributed by atoms with Crippen molar-refractivity contribution in [2.24, 2.45) is 0 Å². The van der Waals surface area contributed by atoms with E-state index in [2.05, 4.69) is 29.2 Å². The number of aryl methyl sites for hydroxylation is 2. The van der Waals surface area contributed by atoms with Crippen LogP contribution in [-0.2, 0) is 25.0 Å². The highest BCUT2D eigenvalue weighted by molar-refractivity contribution is 7.98. The topological polar surface area (TPSA) is 40.5 Å². The van der Waals surface area contributed by atoms with Crippen LogP contribution in [0.4, 0.5) is 13.2 Å². The molecule has 7 heteroatoms.